The van der Waals surface area contributed by atoms with Crippen molar-refractivity contribution in [1.29, 1.82) is 0 Å². The molecule has 194 valence electrons. The van der Waals surface area contributed by atoms with Gasteiger partial charge in [-0.3, -0.25) is 9.59 Å². The van der Waals surface area contributed by atoms with Crippen molar-refractivity contribution in [3.05, 3.63) is 51.0 Å². The van der Waals surface area contributed by atoms with Crippen LogP contribution in [-0.2, 0) is 9.59 Å². The van der Waals surface area contributed by atoms with Crippen molar-refractivity contribution < 1.29 is 19.8 Å². The van der Waals surface area contributed by atoms with Crippen molar-refractivity contribution in [2.75, 3.05) is 5.75 Å². The summed E-state index contributed by atoms with van der Waals surface area (Å²) in [5.74, 6) is -0.245. The monoisotopic (exact) mass is 568 g/mol. The minimum Gasteiger partial charge on any atom is -0.393 e. The number of carbonyl (C=O) groups excluding carboxylic acids is 2. The Labute approximate surface area is 231 Å². The van der Waals surface area contributed by atoms with E-state index in [0.717, 1.165) is 24.8 Å². The first-order valence-electron chi connectivity index (χ1n) is 12.5. The highest BCUT2D eigenvalue weighted by molar-refractivity contribution is 8.00. The number of hydrogen-bond donors (Lipinski definition) is 2. The zero-order chi connectivity index (χ0) is 26.2. The highest BCUT2D eigenvalue weighted by Crippen LogP contribution is 2.68. The molecule has 8 atom stereocenters. The van der Waals surface area contributed by atoms with Crippen molar-refractivity contribution in [2.24, 2.45) is 34.5 Å². The van der Waals surface area contributed by atoms with Gasteiger partial charge in [-0.25, -0.2) is 0 Å². The smallest absolute Gasteiger partial charge is 0.178 e. The number of ketones is 2. The quantitative estimate of drug-likeness (QED) is 0.317. The number of fused-ring (bicyclic) bond motifs is 5. The number of rotatable bonds is 4. The first-order valence-corrected chi connectivity index (χ1v) is 14.6. The molecule has 8 heteroatoms. The Balaban J connectivity index is 1.43. The number of carbonyl (C=O) groups is 2. The van der Waals surface area contributed by atoms with E-state index in [1.54, 1.807) is 24.3 Å². The maximum atomic E-state index is 13.8. The molecule has 0 aliphatic heterocycles. The Morgan fingerprint density at radius 2 is 1.86 bits per heavy atom. The summed E-state index contributed by atoms with van der Waals surface area (Å²) in [6.07, 6.45) is 7.34. The average molecular weight is 570 g/mol. The Kier molecular flexibility index (Phi) is 6.79. The predicted octanol–water partition coefficient (Wildman–Crippen LogP) is 6.56. The van der Waals surface area contributed by atoms with Crippen molar-refractivity contribution in [3.8, 4) is 0 Å². The number of aliphatic hydroxyl groups is 2. The number of halogens is 3. The summed E-state index contributed by atoms with van der Waals surface area (Å²) >= 11 is 19.7. The van der Waals surface area contributed by atoms with Crippen molar-refractivity contribution in [3.63, 3.8) is 0 Å². The molecule has 5 unspecified atom stereocenters. The molecular weight excluding hydrogens is 539 g/mol. The molecule has 0 saturated heterocycles. The molecule has 0 spiro atoms. The average Bonchev–Trinajstić information content (AvgIpc) is 3.01. The molecule has 4 aliphatic rings. The molecule has 4 aliphatic carbocycles. The van der Waals surface area contributed by atoms with Crippen LogP contribution in [0.3, 0.4) is 0 Å². The molecule has 3 saturated carbocycles. The summed E-state index contributed by atoms with van der Waals surface area (Å²) < 4.78 is 0. The number of Topliss-reactive ketones (excluding diaryl/α,β-unsaturated/α-hetero) is 1. The SMILES string of the molecule is C[C@@H]1CC2C3CCC4=CC(=O)C=CC4(C)C3[C@@H](O)CC2(C)[C@@]1(O)C(=O)CSc1cc(Cl)c(Cl)cc1Cl. The summed E-state index contributed by atoms with van der Waals surface area (Å²) in [7, 11) is 0. The molecule has 3 fully saturated rings. The molecule has 2 N–H and O–H groups in total. The second-order valence-electron chi connectivity index (χ2n) is 11.5. The highest BCUT2D eigenvalue weighted by Gasteiger charge is 2.70. The van der Waals surface area contributed by atoms with Gasteiger partial charge >= 0.3 is 0 Å². The fraction of sp³-hybridized carbons (Fsp3) is 0.571. The molecule has 0 amide bonds. The topological polar surface area (TPSA) is 74.6 Å². The zero-order valence-corrected chi connectivity index (χ0v) is 23.6. The molecule has 5 rings (SSSR count). The van der Waals surface area contributed by atoms with Crippen LogP contribution in [0.25, 0.3) is 0 Å². The van der Waals surface area contributed by atoms with Gasteiger partial charge in [-0.2, -0.15) is 0 Å². The van der Waals surface area contributed by atoms with E-state index in [1.807, 2.05) is 19.9 Å². The van der Waals surface area contributed by atoms with E-state index in [1.165, 1.54) is 11.8 Å². The number of thioether (sulfide) groups is 1. The lowest BCUT2D eigenvalue weighted by Gasteiger charge is -2.59. The van der Waals surface area contributed by atoms with Gasteiger partial charge in [0, 0.05) is 21.6 Å². The minimum atomic E-state index is -1.56. The van der Waals surface area contributed by atoms with Crippen LogP contribution in [0.4, 0.5) is 0 Å². The highest BCUT2D eigenvalue weighted by atomic mass is 35.5. The van der Waals surface area contributed by atoms with E-state index in [0.29, 0.717) is 26.4 Å². The summed E-state index contributed by atoms with van der Waals surface area (Å²) in [5, 5.41) is 24.8. The molecule has 0 aromatic heterocycles. The molecule has 36 heavy (non-hydrogen) atoms. The van der Waals surface area contributed by atoms with Crippen LogP contribution in [0.1, 0.15) is 46.5 Å². The normalized spacial score (nSPS) is 41.4. The van der Waals surface area contributed by atoms with E-state index in [4.69, 9.17) is 34.8 Å². The van der Waals surface area contributed by atoms with Crippen LogP contribution in [-0.4, -0.2) is 39.2 Å². The van der Waals surface area contributed by atoms with Crippen molar-refractivity contribution in [2.45, 2.75) is 63.1 Å². The summed E-state index contributed by atoms with van der Waals surface area (Å²) in [6.45, 7) is 6.07. The molecule has 1 aromatic rings. The minimum absolute atomic E-state index is 0.00472. The van der Waals surface area contributed by atoms with Gasteiger partial charge in [-0.05, 0) is 67.7 Å². The summed E-state index contributed by atoms with van der Waals surface area (Å²) in [4.78, 5) is 26.4. The standard InChI is InChI=1S/C28H31Cl3O4S/c1-14-8-18-17-5-4-15-9-16(32)6-7-26(15,2)25(17)22(33)12-27(18,3)28(14,35)24(34)13-36-23-11-20(30)19(29)10-21(23)31/h6-7,9-11,14,17-18,22,25,33,35H,4-5,8,12-13H2,1-3H3/t14-,17?,18?,22+,25?,26?,27?,28+/m1/s1. The number of hydrogen-bond acceptors (Lipinski definition) is 5. The van der Waals surface area contributed by atoms with Gasteiger partial charge in [0.1, 0.15) is 5.60 Å². The maximum Gasteiger partial charge on any atom is 0.178 e. The molecule has 0 radical (unpaired) electrons. The van der Waals surface area contributed by atoms with Gasteiger partial charge in [0.05, 0.1) is 26.9 Å². The molecular formula is C28H31Cl3O4S. The van der Waals surface area contributed by atoms with Gasteiger partial charge in [0.2, 0.25) is 0 Å². The van der Waals surface area contributed by atoms with E-state index in [2.05, 4.69) is 6.92 Å². The number of aliphatic hydroxyl groups excluding tert-OH is 1. The Hall–Kier alpha value is -0.820. The van der Waals surface area contributed by atoms with Gasteiger partial charge in [-0.15, -0.1) is 11.8 Å². The van der Waals surface area contributed by atoms with E-state index >= 15 is 0 Å². The van der Waals surface area contributed by atoms with Crippen LogP contribution in [0, 0.1) is 34.5 Å². The van der Waals surface area contributed by atoms with Crippen LogP contribution in [0.15, 0.2) is 40.8 Å². The zero-order valence-electron chi connectivity index (χ0n) is 20.6. The Morgan fingerprint density at radius 1 is 1.17 bits per heavy atom. The number of benzene rings is 1. The second-order valence-corrected chi connectivity index (χ2v) is 13.8. The van der Waals surface area contributed by atoms with Crippen molar-refractivity contribution >= 4 is 58.1 Å². The fourth-order valence-corrected chi connectivity index (χ4v) is 9.80. The van der Waals surface area contributed by atoms with Gasteiger partial charge in [-0.1, -0.05) is 67.2 Å². The predicted molar refractivity (Wildman–Crippen MR) is 145 cm³/mol. The Morgan fingerprint density at radius 3 is 2.58 bits per heavy atom. The largest absolute Gasteiger partial charge is 0.393 e. The van der Waals surface area contributed by atoms with Gasteiger partial charge in [0.25, 0.3) is 0 Å². The van der Waals surface area contributed by atoms with Crippen LogP contribution in [0.5, 0.6) is 0 Å². The van der Waals surface area contributed by atoms with Crippen LogP contribution < -0.4 is 0 Å². The second kappa shape index (κ2) is 9.14. The lowest BCUT2D eigenvalue weighted by atomic mass is 9.46. The van der Waals surface area contributed by atoms with Gasteiger partial charge in [0.15, 0.2) is 11.6 Å². The first kappa shape index (κ1) is 26.8. The van der Waals surface area contributed by atoms with Crippen LogP contribution in [0.2, 0.25) is 15.1 Å². The fourth-order valence-electron chi connectivity index (χ4n) is 8.12. The lowest BCUT2D eigenvalue weighted by Crippen LogP contribution is -2.62. The third-order valence-corrected chi connectivity index (χ3v) is 12.0. The third-order valence-electron chi connectivity index (χ3n) is 9.84. The molecule has 1 aromatic carbocycles. The molecule has 0 bridgehead atoms. The summed E-state index contributed by atoms with van der Waals surface area (Å²) in [6, 6.07) is 3.20. The molecule has 4 nitrogen and oxygen atoms in total. The maximum absolute atomic E-state index is 13.8. The summed E-state index contributed by atoms with van der Waals surface area (Å²) in [5.41, 5.74) is -1.61. The molecule has 0 heterocycles. The lowest BCUT2D eigenvalue weighted by molar-refractivity contribution is -0.179. The van der Waals surface area contributed by atoms with E-state index < -0.39 is 17.1 Å². The van der Waals surface area contributed by atoms with E-state index in [-0.39, 0.29) is 46.4 Å². The third kappa shape index (κ3) is 3.79. The van der Waals surface area contributed by atoms with E-state index in [9.17, 15) is 19.8 Å². The van der Waals surface area contributed by atoms with Crippen molar-refractivity contribution in [1.82, 2.24) is 0 Å². The Bertz CT molecular complexity index is 1200. The number of allylic oxidation sites excluding steroid dienone is 4. The first-order chi connectivity index (χ1) is 16.8. The van der Waals surface area contributed by atoms with Crippen LogP contribution >= 0.6 is 46.6 Å². The van der Waals surface area contributed by atoms with Gasteiger partial charge < -0.3 is 10.2 Å².